The van der Waals surface area contributed by atoms with Crippen LogP contribution in [-0.4, -0.2) is 58.3 Å². The number of aliphatic hydroxyl groups excluding tert-OH is 1. The molecule has 0 amide bonds. The second kappa shape index (κ2) is 10.1. The number of anilines is 1. The molecule has 3 atom stereocenters. The van der Waals surface area contributed by atoms with E-state index in [-0.39, 0.29) is 23.9 Å². The molecule has 3 aromatic rings. The topological polar surface area (TPSA) is 140 Å². The van der Waals surface area contributed by atoms with Crippen molar-refractivity contribution in [3.05, 3.63) is 64.7 Å². The maximum absolute atomic E-state index is 14.4. The van der Waals surface area contributed by atoms with Gasteiger partial charge >= 0.3 is 0 Å². The number of aliphatic hydroxyl groups is 1. The molecule has 0 aliphatic carbocycles. The van der Waals surface area contributed by atoms with Crippen LogP contribution in [0.2, 0.25) is 0 Å². The third-order valence-corrected chi connectivity index (χ3v) is 6.33. The van der Waals surface area contributed by atoms with Crippen LogP contribution in [0.25, 0.3) is 11.3 Å². The van der Waals surface area contributed by atoms with Crippen LogP contribution in [0.15, 0.2) is 41.4 Å². The number of rotatable bonds is 6. The van der Waals surface area contributed by atoms with Crippen molar-refractivity contribution in [2.75, 3.05) is 26.0 Å². The zero-order valence-electron chi connectivity index (χ0n) is 20.0. The third kappa shape index (κ3) is 4.99. The number of aromatic nitrogens is 3. The van der Waals surface area contributed by atoms with Crippen molar-refractivity contribution < 1.29 is 19.1 Å². The molecular weight excluding hydrogens is 465 g/mol. The zero-order chi connectivity index (χ0) is 25.2. The van der Waals surface area contributed by atoms with E-state index in [9.17, 15) is 9.50 Å². The maximum Gasteiger partial charge on any atom is 0.220 e. The first-order chi connectivity index (χ1) is 17.4. The molecule has 10 nitrogen and oxygen atoms in total. The molecule has 2 aliphatic rings. The minimum absolute atomic E-state index is 0.0264. The normalized spacial score (nSPS) is 21.1. The van der Waals surface area contributed by atoms with Crippen molar-refractivity contribution in [1.29, 1.82) is 0 Å². The number of hydrogen-bond acceptors (Lipinski definition) is 10. The molecule has 1 aromatic carbocycles. The first-order valence-corrected chi connectivity index (χ1v) is 11.7. The van der Waals surface area contributed by atoms with Gasteiger partial charge in [-0.2, -0.15) is 0 Å². The summed E-state index contributed by atoms with van der Waals surface area (Å²) in [4.78, 5) is 24.0. The Labute approximate surface area is 207 Å². The molecule has 0 radical (unpaired) electrons. The van der Waals surface area contributed by atoms with Gasteiger partial charge in [0.1, 0.15) is 5.82 Å². The van der Waals surface area contributed by atoms with Crippen molar-refractivity contribution in [2.45, 2.75) is 38.0 Å². The number of ether oxygens (including phenoxy) is 1. The Morgan fingerprint density at radius 1 is 1.22 bits per heavy atom. The van der Waals surface area contributed by atoms with E-state index in [0.29, 0.717) is 54.7 Å². The van der Waals surface area contributed by atoms with Crippen LogP contribution in [0.4, 0.5) is 10.3 Å². The van der Waals surface area contributed by atoms with E-state index in [1.54, 1.807) is 24.3 Å². The number of nitrogens with two attached hydrogens (primary N) is 1. The summed E-state index contributed by atoms with van der Waals surface area (Å²) in [7, 11) is 1.53. The first kappa shape index (κ1) is 24.0. The van der Waals surface area contributed by atoms with Gasteiger partial charge in [0.25, 0.3) is 0 Å². The lowest BCUT2D eigenvalue weighted by Crippen LogP contribution is -2.36. The van der Waals surface area contributed by atoms with E-state index in [4.69, 9.17) is 20.3 Å². The fourth-order valence-corrected chi connectivity index (χ4v) is 4.67. The fraction of sp³-hybridized carbons (Fsp3) is 0.360. The number of nitrogen functional groups attached to an aromatic ring is 1. The lowest BCUT2D eigenvalue weighted by atomic mass is 9.91. The van der Waals surface area contributed by atoms with Gasteiger partial charge in [0, 0.05) is 30.6 Å². The van der Waals surface area contributed by atoms with Crippen LogP contribution in [0, 0.1) is 12.7 Å². The van der Waals surface area contributed by atoms with Gasteiger partial charge in [-0.25, -0.2) is 24.8 Å². The number of hydroxylamine groups is 1. The molecule has 5 rings (SSSR count). The predicted octanol–water partition coefficient (Wildman–Crippen LogP) is 1.86. The number of aliphatic imine (C=N–C) groups is 1. The predicted molar refractivity (Wildman–Crippen MR) is 132 cm³/mol. The average Bonchev–Trinajstić information content (AvgIpc) is 3.28. The second-order valence-electron chi connectivity index (χ2n) is 8.89. The molecule has 4 heterocycles. The molecular formula is C25H28FN7O3. The van der Waals surface area contributed by atoms with Gasteiger partial charge in [-0.05, 0) is 37.1 Å². The Hall–Kier alpha value is -3.67. The Morgan fingerprint density at radius 3 is 2.86 bits per heavy atom. The highest BCUT2D eigenvalue weighted by Crippen LogP contribution is 2.36. The molecule has 1 saturated heterocycles. The molecule has 2 aliphatic heterocycles. The fourth-order valence-electron chi connectivity index (χ4n) is 4.67. The Kier molecular flexibility index (Phi) is 6.77. The monoisotopic (exact) mass is 493 g/mol. The van der Waals surface area contributed by atoms with Gasteiger partial charge in [-0.3, -0.25) is 9.83 Å². The number of halogens is 1. The molecule has 0 bridgehead atoms. The summed E-state index contributed by atoms with van der Waals surface area (Å²) in [5.74, 6) is 0.683. The third-order valence-electron chi connectivity index (χ3n) is 6.33. The van der Waals surface area contributed by atoms with Gasteiger partial charge < -0.3 is 20.9 Å². The highest BCUT2D eigenvalue weighted by Gasteiger charge is 2.29. The SMILES string of the molecule is COc1cccc(-c2cc(F)ccc2[C@H]2Cc3nc(N)nc(C)c3C(NOC[C@@H]3C[C@@H](O)CN3)=N2)n1. The maximum atomic E-state index is 14.4. The number of aryl methyl sites for hydroxylation is 1. The van der Waals surface area contributed by atoms with Crippen LogP contribution in [0.1, 0.15) is 35.0 Å². The van der Waals surface area contributed by atoms with Crippen LogP contribution in [0.3, 0.4) is 0 Å². The van der Waals surface area contributed by atoms with Crippen molar-refractivity contribution in [2.24, 2.45) is 4.99 Å². The van der Waals surface area contributed by atoms with Crippen molar-refractivity contribution in [3.8, 4) is 17.1 Å². The lowest BCUT2D eigenvalue weighted by Gasteiger charge is -2.26. The van der Waals surface area contributed by atoms with Gasteiger partial charge in [0.05, 0.1) is 48.5 Å². The highest BCUT2D eigenvalue weighted by molar-refractivity contribution is 6.01. The summed E-state index contributed by atoms with van der Waals surface area (Å²) in [5.41, 5.74) is 13.0. The summed E-state index contributed by atoms with van der Waals surface area (Å²) < 4.78 is 19.6. The number of nitrogens with zero attached hydrogens (tertiary/aromatic N) is 4. The summed E-state index contributed by atoms with van der Waals surface area (Å²) in [5, 5.41) is 13.0. The Morgan fingerprint density at radius 2 is 2.08 bits per heavy atom. The summed E-state index contributed by atoms with van der Waals surface area (Å²) in [6, 6.07) is 9.53. The number of pyridine rings is 1. The Bertz CT molecular complexity index is 1300. The van der Waals surface area contributed by atoms with E-state index in [1.807, 2.05) is 6.92 Å². The molecule has 2 aromatic heterocycles. The first-order valence-electron chi connectivity index (χ1n) is 11.7. The summed E-state index contributed by atoms with van der Waals surface area (Å²) >= 11 is 0. The van der Waals surface area contributed by atoms with Crippen molar-refractivity contribution >= 4 is 11.8 Å². The molecule has 0 spiro atoms. The number of β-amino-alcohol motifs (C(OH)–C–C–N with tert-alkyl or cyclic N) is 1. The average molecular weight is 494 g/mol. The number of benzene rings is 1. The van der Waals surface area contributed by atoms with E-state index in [2.05, 4.69) is 25.7 Å². The quantitative estimate of drug-likeness (QED) is 0.379. The molecule has 0 unspecified atom stereocenters. The molecule has 188 valence electrons. The van der Waals surface area contributed by atoms with Crippen LogP contribution >= 0.6 is 0 Å². The lowest BCUT2D eigenvalue weighted by molar-refractivity contribution is 0.0668. The highest BCUT2D eigenvalue weighted by atomic mass is 19.1. The minimum atomic E-state index is -0.410. The van der Waals surface area contributed by atoms with Gasteiger partial charge in [-0.1, -0.05) is 12.1 Å². The van der Waals surface area contributed by atoms with Gasteiger partial charge in [0.15, 0.2) is 5.84 Å². The van der Waals surface area contributed by atoms with E-state index >= 15 is 0 Å². The van der Waals surface area contributed by atoms with Gasteiger partial charge in [0.2, 0.25) is 11.8 Å². The largest absolute Gasteiger partial charge is 0.481 e. The number of nitrogens with one attached hydrogen (secondary N) is 2. The van der Waals surface area contributed by atoms with Crippen LogP contribution in [-0.2, 0) is 11.3 Å². The second-order valence-corrected chi connectivity index (χ2v) is 8.89. The summed E-state index contributed by atoms with van der Waals surface area (Å²) in [6.45, 7) is 2.71. The standard InChI is InChI=1S/C25H28FN7O3/c1-13-23-21(32-25(27)29-13)10-20(31-24(23)33-36-12-15-9-16(34)11-28-15)17-7-6-14(26)8-18(17)19-4-3-5-22(30-19)35-2/h3-8,15-16,20,28,34H,9-12H2,1-2H3,(H,31,33)(H2,27,29,32)/t15-,16+,20+/m0/s1. The smallest absolute Gasteiger partial charge is 0.220 e. The number of amidine groups is 1. The number of fused-ring (bicyclic) bond motifs is 1. The minimum Gasteiger partial charge on any atom is -0.481 e. The van der Waals surface area contributed by atoms with Crippen molar-refractivity contribution in [3.63, 3.8) is 0 Å². The van der Waals surface area contributed by atoms with Crippen molar-refractivity contribution in [1.82, 2.24) is 25.7 Å². The van der Waals surface area contributed by atoms with E-state index in [0.717, 1.165) is 16.8 Å². The van der Waals surface area contributed by atoms with Crippen LogP contribution in [0.5, 0.6) is 5.88 Å². The Balaban J connectivity index is 1.51. The molecule has 11 heteroatoms. The van der Waals surface area contributed by atoms with E-state index < -0.39 is 6.04 Å². The summed E-state index contributed by atoms with van der Waals surface area (Å²) in [6.07, 6.45) is 0.669. The molecule has 1 fully saturated rings. The number of methoxy groups -OCH3 is 1. The molecule has 0 saturated carbocycles. The van der Waals surface area contributed by atoms with E-state index in [1.165, 1.54) is 19.2 Å². The number of hydrogen-bond donors (Lipinski definition) is 4. The molecule has 5 N–H and O–H groups in total. The van der Waals surface area contributed by atoms with Gasteiger partial charge in [-0.15, -0.1) is 0 Å². The zero-order valence-corrected chi connectivity index (χ0v) is 20.0. The molecule has 36 heavy (non-hydrogen) atoms. The van der Waals surface area contributed by atoms with Crippen LogP contribution < -0.4 is 21.3 Å².